The van der Waals surface area contributed by atoms with Crippen LogP contribution in [0.3, 0.4) is 0 Å². The van der Waals surface area contributed by atoms with E-state index in [4.69, 9.17) is 21.7 Å². The Balaban J connectivity index is 1.78. The topological polar surface area (TPSA) is 33.7 Å². The van der Waals surface area contributed by atoms with E-state index < -0.39 is 11.6 Å². The van der Waals surface area contributed by atoms with Crippen molar-refractivity contribution in [2.45, 2.75) is 25.5 Å². The standard InChI is InChI=1S/C20H22F2N2O2S/c1-25-19-7-3-2-5-14(19)12-24(13-16-6-4-10-26-16)20(27)23-18-9-8-15(21)11-17(18)22/h2-3,5,7-9,11,16H,4,6,10,12-13H2,1H3,(H,23,27). The smallest absolute Gasteiger partial charge is 0.173 e. The number of hydrogen-bond donors (Lipinski definition) is 1. The Morgan fingerprint density at radius 1 is 1.30 bits per heavy atom. The summed E-state index contributed by atoms with van der Waals surface area (Å²) in [6.07, 6.45) is 2.04. The minimum Gasteiger partial charge on any atom is -0.496 e. The second-order valence-corrected chi connectivity index (χ2v) is 6.77. The highest BCUT2D eigenvalue weighted by atomic mass is 32.1. The number of ether oxygens (including phenoxy) is 2. The van der Waals surface area contributed by atoms with E-state index in [1.807, 2.05) is 29.2 Å². The largest absolute Gasteiger partial charge is 0.496 e. The maximum atomic E-state index is 14.0. The second kappa shape index (κ2) is 9.10. The van der Waals surface area contributed by atoms with Crippen LogP contribution >= 0.6 is 12.2 Å². The van der Waals surface area contributed by atoms with Crippen LogP contribution in [0, 0.1) is 11.6 Å². The van der Waals surface area contributed by atoms with Crippen molar-refractivity contribution in [2.75, 3.05) is 25.6 Å². The van der Waals surface area contributed by atoms with E-state index in [1.165, 1.54) is 12.1 Å². The van der Waals surface area contributed by atoms with Gasteiger partial charge in [-0.1, -0.05) is 18.2 Å². The third-order valence-electron chi connectivity index (χ3n) is 4.46. The Kier molecular flexibility index (Phi) is 6.58. The van der Waals surface area contributed by atoms with Crippen LogP contribution < -0.4 is 10.1 Å². The van der Waals surface area contributed by atoms with Crippen LogP contribution in [0.1, 0.15) is 18.4 Å². The molecule has 27 heavy (non-hydrogen) atoms. The normalized spacial score (nSPS) is 16.2. The van der Waals surface area contributed by atoms with Gasteiger partial charge in [0, 0.05) is 31.3 Å². The lowest BCUT2D eigenvalue weighted by Gasteiger charge is -2.29. The molecular formula is C20H22F2N2O2S. The van der Waals surface area contributed by atoms with Gasteiger partial charge >= 0.3 is 0 Å². The lowest BCUT2D eigenvalue weighted by molar-refractivity contribution is 0.0903. The molecule has 0 aromatic heterocycles. The van der Waals surface area contributed by atoms with Gasteiger partial charge in [-0.25, -0.2) is 8.78 Å². The average Bonchev–Trinajstić information content (AvgIpc) is 3.17. The molecular weight excluding hydrogens is 370 g/mol. The lowest BCUT2D eigenvalue weighted by Crippen LogP contribution is -2.39. The van der Waals surface area contributed by atoms with Gasteiger partial charge in [-0.3, -0.25) is 0 Å². The quantitative estimate of drug-likeness (QED) is 0.739. The first-order chi connectivity index (χ1) is 13.1. The highest BCUT2D eigenvalue weighted by molar-refractivity contribution is 7.80. The van der Waals surface area contributed by atoms with Crippen molar-refractivity contribution in [3.8, 4) is 5.75 Å². The molecule has 144 valence electrons. The molecule has 0 radical (unpaired) electrons. The molecule has 4 nitrogen and oxygen atoms in total. The minimum absolute atomic E-state index is 0.0671. The van der Waals surface area contributed by atoms with Crippen molar-refractivity contribution in [3.05, 3.63) is 59.7 Å². The number of benzene rings is 2. The molecule has 1 unspecified atom stereocenters. The molecule has 1 N–H and O–H groups in total. The Morgan fingerprint density at radius 3 is 2.81 bits per heavy atom. The summed E-state index contributed by atoms with van der Waals surface area (Å²) in [4.78, 5) is 1.92. The number of nitrogens with zero attached hydrogens (tertiary/aromatic N) is 1. The second-order valence-electron chi connectivity index (χ2n) is 6.38. The van der Waals surface area contributed by atoms with Crippen molar-refractivity contribution in [1.82, 2.24) is 4.90 Å². The summed E-state index contributed by atoms with van der Waals surface area (Å²) >= 11 is 5.52. The maximum absolute atomic E-state index is 14.0. The van der Waals surface area contributed by atoms with Crippen molar-refractivity contribution in [3.63, 3.8) is 0 Å². The van der Waals surface area contributed by atoms with Crippen LogP contribution in [-0.4, -0.2) is 36.4 Å². The summed E-state index contributed by atoms with van der Waals surface area (Å²) in [5, 5.41) is 3.24. The van der Waals surface area contributed by atoms with E-state index in [-0.39, 0.29) is 11.8 Å². The van der Waals surface area contributed by atoms with E-state index in [0.717, 1.165) is 36.8 Å². The summed E-state index contributed by atoms with van der Waals surface area (Å²) in [5.74, 6) is -0.563. The number of anilines is 1. The Labute approximate surface area is 163 Å². The van der Waals surface area contributed by atoms with Crippen molar-refractivity contribution in [2.24, 2.45) is 0 Å². The van der Waals surface area contributed by atoms with Crippen LogP contribution in [-0.2, 0) is 11.3 Å². The fourth-order valence-corrected chi connectivity index (χ4v) is 3.33. The molecule has 3 rings (SSSR count). The molecule has 0 amide bonds. The first-order valence-corrected chi connectivity index (χ1v) is 9.22. The van der Waals surface area contributed by atoms with Gasteiger partial charge in [-0.05, 0) is 43.3 Å². The van der Waals surface area contributed by atoms with E-state index in [1.54, 1.807) is 7.11 Å². The number of nitrogens with one attached hydrogen (secondary N) is 1. The number of rotatable bonds is 6. The zero-order valence-electron chi connectivity index (χ0n) is 15.1. The number of hydrogen-bond acceptors (Lipinski definition) is 3. The third-order valence-corrected chi connectivity index (χ3v) is 4.82. The van der Waals surface area contributed by atoms with Gasteiger partial charge in [0.15, 0.2) is 5.11 Å². The van der Waals surface area contributed by atoms with Gasteiger partial charge in [0.1, 0.15) is 17.4 Å². The van der Waals surface area contributed by atoms with Crippen LogP contribution in [0.4, 0.5) is 14.5 Å². The van der Waals surface area contributed by atoms with Crippen molar-refractivity contribution >= 4 is 23.0 Å². The van der Waals surface area contributed by atoms with Crippen molar-refractivity contribution < 1.29 is 18.3 Å². The fraction of sp³-hybridized carbons (Fsp3) is 0.350. The molecule has 1 aliphatic rings. The van der Waals surface area contributed by atoms with Gasteiger partial charge in [-0.2, -0.15) is 0 Å². The summed E-state index contributed by atoms with van der Waals surface area (Å²) < 4.78 is 38.3. The third kappa shape index (κ3) is 5.14. The first kappa shape index (κ1) is 19.5. The molecule has 1 fully saturated rings. The zero-order chi connectivity index (χ0) is 19.2. The fourth-order valence-electron chi connectivity index (χ4n) is 3.08. The number of para-hydroxylation sites is 1. The molecule has 1 heterocycles. The van der Waals surface area contributed by atoms with Gasteiger partial charge in [0.05, 0.1) is 18.9 Å². The summed E-state index contributed by atoms with van der Waals surface area (Å²) in [6, 6.07) is 11.0. The summed E-state index contributed by atoms with van der Waals surface area (Å²) in [7, 11) is 1.62. The predicted octanol–water partition coefficient (Wildman–Crippen LogP) is 4.35. The minimum atomic E-state index is -0.688. The van der Waals surface area contributed by atoms with Crippen molar-refractivity contribution in [1.29, 1.82) is 0 Å². The summed E-state index contributed by atoms with van der Waals surface area (Å²) in [5.41, 5.74) is 1.10. The Morgan fingerprint density at radius 2 is 2.11 bits per heavy atom. The highest BCUT2D eigenvalue weighted by Gasteiger charge is 2.22. The van der Waals surface area contributed by atoms with E-state index in [9.17, 15) is 8.78 Å². The molecule has 1 aliphatic heterocycles. The predicted molar refractivity (Wildman–Crippen MR) is 105 cm³/mol. The van der Waals surface area contributed by atoms with E-state index in [2.05, 4.69) is 5.32 Å². The molecule has 1 saturated heterocycles. The molecule has 7 heteroatoms. The zero-order valence-corrected chi connectivity index (χ0v) is 15.9. The number of thiocarbonyl (C=S) groups is 1. The average molecular weight is 392 g/mol. The molecule has 0 saturated carbocycles. The summed E-state index contributed by atoms with van der Waals surface area (Å²) in [6.45, 7) is 1.80. The number of halogens is 2. The molecule has 1 atom stereocenters. The van der Waals surface area contributed by atoms with Crippen LogP contribution in [0.25, 0.3) is 0 Å². The Hall–Kier alpha value is -2.25. The molecule has 0 spiro atoms. The van der Waals surface area contributed by atoms with Crippen LogP contribution in [0.15, 0.2) is 42.5 Å². The van der Waals surface area contributed by atoms with Gasteiger partial charge in [0.25, 0.3) is 0 Å². The first-order valence-electron chi connectivity index (χ1n) is 8.81. The SMILES string of the molecule is COc1ccccc1CN(CC1CCCO1)C(=S)Nc1ccc(F)cc1F. The van der Waals surface area contributed by atoms with Gasteiger partial charge in [0.2, 0.25) is 0 Å². The molecule has 2 aromatic carbocycles. The monoisotopic (exact) mass is 392 g/mol. The van der Waals surface area contributed by atoms with Crippen LogP contribution in [0.5, 0.6) is 5.75 Å². The van der Waals surface area contributed by atoms with E-state index >= 15 is 0 Å². The molecule has 2 aromatic rings. The number of methoxy groups -OCH3 is 1. The van der Waals surface area contributed by atoms with Crippen LogP contribution in [0.2, 0.25) is 0 Å². The molecule has 0 bridgehead atoms. The Bertz CT molecular complexity index is 797. The maximum Gasteiger partial charge on any atom is 0.173 e. The van der Waals surface area contributed by atoms with Gasteiger partial charge in [-0.15, -0.1) is 0 Å². The highest BCUT2D eigenvalue weighted by Crippen LogP contribution is 2.23. The lowest BCUT2D eigenvalue weighted by atomic mass is 10.1. The molecule has 0 aliphatic carbocycles. The van der Waals surface area contributed by atoms with E-state index in [0.29, 0.717) is 18.2 Å². The van der Waals surface area contributed by atoms with Gasteiger partial charge < -0.3 is 19.7 Å².